The molecule has 1 saturated heterocycles. The van der Waals surface area contributed by atoms with E-state index in [4.69, 9.17) is 9.47 Å². The zero-order valence-corrected chi connectivity index (χ0v) is 16.0. The molecule has 1 aliphatic heterocycles. The van der Waals surface area contributed by atoms with Crippen molar-refractivity contribution in [2.24, 2.45) is 0 Å². The Hall–Kier alpha value is -3.26. The summed E-state index contributed by atoms with van der Waals surface area (Å²) in [5, 5.41) is 7.24. The van der Waals surface area contributed by atoms with Gasteiger partial charge in [-0.15, -0.1) is 0 Å². The summed E-state index contributed by atoms with van der Waals surface area (Å²) in [6, 6.07) is 9.26. The van der Waals surface area contributed by atoms with Crippen molar-refractivity contribution < 1.29 is 18.7 Å². The second kappa shape index (κ2) is 8.40. The summed E-state index contributed by atoms with van der Waals surface area (Å²) in [5.74, 6) is 0.249. The largest absolute Gasteiger partial charge is 0.439 e. The molecule has 2 aromatic heterocycles. The number of ether oxygens (including phenoxy) is 2. The van der Waals surface area contributed by atoms with E-state index in [9.17, 15) is 9.18 Å². The van der Waals surface area contributed by atoms with Crippen LogP contribution >= 0.6 is 0 Å². The lowest BCUT2D eigenvalue weighted by Crippen LogP contribution is -2.22. The number of halogens is 1. The number of rotatable bonds is 5. The van der Waals surface area contributed by atoms with E-state index in [-0.39, 0.29) is 17.8 Å². The highest BCUT2D eigenvalue weighted by Gasteiger charge is 2.22. The minimum atomic E-state index is -0.334. The average Bonchev–Trinajstić information content (AvgIpc) is 3.13. The third-order valence-corrected chi connectivity index (χ3v) is 4.86. The molecule has 0 bridgehead atoms. The first-order valence-corrected chi connectivity index (χ1v) is 9.43. The van der Waals surface area contributed by atoms with E-state index in [1.165, 1.54) is 30.5 Å². The first kappa shape index (κ1) is 19.1. The number of hydrogen-bond acceptors (Lipinski definition) is 5. The molecule has 0 atom stereocenters. The molecule has 1 aliphatic rings. The van der Waals surface area contributed by atoms with Gasteiger partial charge in [-0.1, -0.05) is 0 Å². The molecule has 0 unspecified atom stereocenters. The summed E-state index contributed by atoms with van der Waals surface area (Å²) in [6.45, 7) is 3.32. The number of hydrogen-bond donors (Lipinski definition) is 1. The molecule has 3 heterocycles. The smallest absolute Gasteiger partial charge is 0.259 e. The molecule has 1 fully saturated rings. The summed E-state index contributed by atoms with van der Waals surface area (Å²) < 4.78 is 25.8. The fourth-order valence-electron chi connectivity index (χ4n) is 3.28. The van der Waals surface area contributed by atoms with Crippen molar-refractivity contribution >= 4 is 11.6 Å². The van der Waals surface area contributed by atoms with Gasteiger partial charge in [-0.05, 0) is 50.1 Å². The highest BCUT2D eigenvalue weighted by atomic mass is 19.1. The molecule has 0 aliphatic carbocycles. The molecule has 1 aromatic carbocycles. The van der Waals surface area contributed by atoms with E-state index in [2.05, 4.69) is 15.4 Å². The summed E-state index contributed by atoms with van der Waals surface area (Å²) in [6.07, 6.45) is 4.89. The van der Waals surface area contributed by atoms with Gasteiger partial charge in [0.15, 0.2) is 0 Å². The average molecular weight is 396 g/mol. The maximum Gasteiger partial charge on any atom is 0.259 e. The molecule has 0 saturated carbocycles. The number of nitrogens with zero attached hydrogens (tertiary/aromatic N) is 3. The van der Waals surface area contributed by atoms with Crippen LogP contribution in [0.3, 0.4) is 0 Å². The van der Waals surface area contributed by atoms with Crippen LogP contribution in [-0.2, 0) is 4.74 Å². The van der Waals surface area contributed by atoms with Crippen molar-refractivity contribution in [3.8, 4) is 11.6 Å². The van der Waals surface area contributed by atoms with E-state index in [0.29, 0.717) is 36.1 Å². The van der Waals surface area contributed by atoms with Crippen molar-refractivity contribution in [3.63, 3.8) is 0 Å². The van der Waals surface area contributed by atoms with Crippen molar-refractivity contribution in [2.75, 3.05) is 18.5 Å². The molecule has 29 heavy (non-hydrogen) atoms. The standard InChI is InChI=1S/C21H21FN4O3/c1-14-19(13-24-26(14)17-8-10-28-11-9-17)21(27)25-16-4-7-20(23-12-16)29-18-5-2-15(22)3-6-18/h2-7,12-13,17H,8-11H2,1H3,(H,25,27). The summed E-state index contributed by atoms with van der Waals surface area (Å²) >= 11 is 0. The fourth-order valence-corrected chi connectivity index (χ4v) is 3.28. The Labute approximate surface area is 167 Å². The Kier molecular flexibility index (Phi) is 5.53. The van der Waals surface area contributed by atoms with Gasteiger partial charge >= 0.3 is 0 Å². The van der Waals surface area contributed by atoms with Crippen molar-refractivity contribution in [1.29, 1.82) is 0 Å². The first-order chi connectivity index (χ1) is 14.1. The van der Waals surface area contributed by atoms with E-state index in [1.54, 1.807) is 18.3 Å². The van der Waals surface area contributed by atoms with Crippen LogP contribution in [0.2, 0.25) is 0 Å². The Bertz CT molecular complexity index is 980. The van der Waals surface area contributed by atoms with Crippen LogP contribution in [0, 0.1) is 12.7 Å². The third-order valence-electron chi connectivity index (χ3n) is 4.86. The van der Waals surface area contributed by atoms with Gasteiger partial charge in [0.05, 0.1) is 29.7 Å². The van der Waals surface area contributed by atoms with Crippen LogP contribution in [0.25, 0.3) is 0 Å². The van der Waals surface area contributed by atoms with Crippen molar-refractivity contribution in [2.45, 2.75) is 25.8 Å². The number of carbonyl (C=O) groups is 1. The van der Waals surface area contributed by atoms with Crippen LogP contribution in [-0.4, -0.2) is 33.9 Å². The molecular formula is C21H21FN4O3. The molecule has 8 heteroatoms. The summed E-state index contributed by atoms with van der Waals surface area (Å²) in [5.41, 5.74) is 1.90. The lowest BCUT2D eigenvalue weighted by Gasteiger charge is -2.23. The molecule has 0 radical (unpaired) electrons. The molecule has 4 rings (SSSR count). The molecule has 7 nitrogen and oxygen atoms in total. The van der Waals surface area contributed by atoms with Gasteiger partial charge in [0.1, 0.15) is 11.6 Å². The first-order valence-electron chi connectivity index (χ1n) is 9.43. The minimum Gasteiger partial charge on any atom is -0.439 e. The summed E-state index contributed by atoms with van der Waals surface area (Å²) in [4.78, 5) is 16.8. The van der Waals surface area contributed by atoms with Crippen LogP contribution < -0.4 is 10.1 Å². The highest BCUT2D eigenvalue weighted by molar-refractivity contribution is 6.04. The fraction of sp³-hybridized carbons (Fsp3) is 0.286. The zero-order chi connectivity index (χ0) is 20.2. The Balaban J connectivity index is 1.40. The van der Waals surface area contributed by atoms with Crippen molar-refractivity contribution in [1.82, 2.24) is 14.8 Å². The molecule has 1 amide bonds. The maximum absolute atomic E-state index is 13.0. The van der Waals surface area contributed by atoms with E-state index in [0.717, 1.165) is 18.5 Å². The number of pyridine rings is 1. The number of benzene rings is 1. The van der Waals surface area contributed by atoms with Crippen molar-refractivity contribution in [3.05, 3.63) is 65.9 Å². The van der Waals surface area contributed by atoms with Gasteiger partial charge in [0.2, 0.25) is 5.88 Å². The Morgan fingerprint density at radius 2 is 1.93 bits per heavy atom. The number of amides is 1. The van der Waals surface area contributed by atoms with Gasteiger partial charge in [0, 0.05) is 25.0 Å². The van der Waals surface area contributed by atoms with Gasteiger partial charge in [-0.25, -0.2) is 9.37 Å². The number of carbonyl (C=O) groups excluding carboxylic acids is 1. The number of anilines is 1. The second-order valence-electron chi connectivity index (χ2n) is 6.83. The lowest BCUT2D eigenvalue weighted by atomic mass is 10.1. The quantitative estimate of drug-likeness (QED) is 0.702. The zero-order valence-electron chi connectivity index (χ0n) is 16.0. The SMILES string of the molecule is Cc1c(C(=O)Nc2ccc(Oc3ccc(F)cc3)nc2)cnn1C1CCOCC1. The predicted octanol–water partition coefficient (Wildman–Crippen LogP) is 4.12. The second-order valence-corrected chi connectivity index (χ2v) is 6.83. The molecular weight excluding hydrogens is 375 g/mol. The van der Waals surface area contributed by atoms with Gasteiger partial charge in [-0.3, -0.25) is 9.48 Å². The van der Waals surface area contributed by atoms with Crippen LogP contribution in [0.4, 0.5) is 10.1 Å². The monoisotopic (exact) mass is 396 g/mol. The topological polar surface area (TPSA) is 78.3 Å². The molecule has 0 spiro atoms. The van der Waals surface area contributed by atoms with E-state index >= 15 is 0 Å². The summed E-state index contributed by atoms with van der Waals surface area (Å²) in [7, 11) is 0. The Morgan fingerprint density at radius 3 is 2.62 bits per heavy atom. The van der Waals surface area contributed by atoms with Crippen LogP contribution in [0.5, 0.6) is 11.6 Å². The van der Waals surface area contributed by atoms with Crippen LogP contribution in [0.15, 0.2) is 48.8 Å². The molecule has 1 N–H and O–H groups in total. The Morgan fingerprint density at radius 1 is 1.17 bits per heavy atom. The number of aromatic nitrogens is 3. The van der Waals surface area contributed by atoms with E-state index < -0.39 is 0 Å². The predicted molar refractivity (Wildman–Crippen MR) is 105 cm³/mol. The molecule has 150 valence electrons. The van der Waals surface area contributed by atoms with E-state index in [1.807, 2.05) is 11.6 Å². The van der Waals surface area contributed by atoms with Gasteiger partial charge in [0.25, 0.3) is 5.91 Å². The van der Waals surface area contributed by atoms with Crippen LogP contribution in [0.1, 0.15) is 34.9 Å². The number of nitrogens with one attached hydrogen (secondary N) is 1. The third kappa shape index (κ3) is 4.43. The van der Waals surface area contributed by atoms with Gasteiger partial charge < -0.3 is 14.8 Å². The minimum absolute atomic E-state index is 0.241. The molecule has 3 aromatic rings. The highest BCUT2D eigenvalue weighted by Crippen LogP contribution is 2.24. The lowest BCUT2D eigenvalue weighted by molar-refractivity contribution is 0.0656. The van der Waals surface area contributed by atoms with Gasteiger partial charge in [-0.2, -0.15) is 5.10 Å². The normalized spacial score (nSPS) is 14.6. The maximum atomic E-state index is 13.0.